The van der Waals surface area contributed by atoms with E-state index in [0.29, 0.717) is 22.8 Å². The zero-order chi connectivity index (χ0) is 21.7. The number of aromatic amines is 2. The number of nitrogens with one attached hydrogen (secondary N) is 2. The molecule has 0 unspecified atom stereocenters. The van der Waals surface area contributed by atoms with Gasteiger partial charge in [-0.25, -0.2) is 9.97 Å². The molecule has 4 N–H and O–H groups in total. The molecule has 0 fully saturated rings. The number of aromatic hydroxyl groups is 2. The lowest BCUT2D eigenvalue weighted by atomic mass is 9.97. The molecule has 32 heavy (non-hydrogen) atoms. The lowest BCUT2D eigenvalue weighted by molar-refractivity contribution is 0.475. The highest BCUT2D eigenvalue weighted by atomic mass is 16.3. The number of nitrogens with zero attached hydrogens (tertiary/aromatic N) is 2. The molecule has 0 saturated carbocycles. The quantitative estimate of drug-likeness (QED) is 0.290. The maximum atomic E-state index is 11.3. The summed E-state index contributed by atoms with van der Waals surface area (Å²) in [7, 11) is 0. The van der Waals surface area contributed by atoms with E-state index in [1.165, 1.54) is 0 Å². The Morgan fingerprint density at radius 3 is 1.56 bits per heavy atom. The van der Waals surface area contributed by atoms with Gasteiger partial charge in [0.15, 0.2) is 0 Å². The Hall–Kier alpha value is -4.58. The maximum Gasteiger partial charge on any atom is 0.142 e. The summed E-state index contributed by atoms with van der Waals surface area (Å²) in [5, 5.41) is 21.0. The molecule has 154 valence electrons. The Kier molecular flexibility index (Phi) is 3.98. The van der Waals surface area contributed by atoms with E-state index in [1.54, 1.807) is 12.1 Å². The van der Waals surface area contributed by atoms with Gasteiger partial charge in [-0.2, -0.15) is 0 Å². The highest BCUT2D eigenvalue weighted by Crippen LogP contribution is 2.41. The van der Waals surface area contributed by atoms with Crippen molar-refractivity contribution in [3.63, 3.8) is 0 Å². The maximum absolute atomic E-state index is 11.3. The average Bonchev–Trinajstić information content (AvgIpc) is 3.44. The van der Waals surface area contributed by atoms with E-state index in [9.17, 15) is 10.2 Å². The third-order valence-corrected chi connectivity index (χ3v) is 5.60. The first-order valence-electron chi connectivity index (χ1n) is 10.2. The van der Waals surface area contributed by atoms with E-state index in [1.807, 2.05) is 72.8 Å². The van der Waals surface area contributed by atoms with E-state index >= 15 is 0 Å². The van der Waals surface area contributed by atoms with Crippen LogP contribution < -0.4 is 0 Å². The fourth-order valence-electron chi connectivity index (χ4n) is 3.98. The van der Waals surface area contributed by atoms with Crippen molar-refractivity contribution in [1.82, 2.24) is 19.9 Å². The average molecular weight is 418 g/mol. The summed E-state index contributed by atoms with van der Waals surface area (Å²) < 4.78 is 0. The van der Waals surface area contributed by atoms with Gasteiger partial charge in [0, 0.05) is 0 Å². The second-order valence-corrected chi connectivity index (χ2v) is 7.67. The molecule has 0 aliphatic rings. The van der Waals surface area contributed by atoms with Crippen LogP contribution in [-0.4, -0.2) is 30.1 Å². The van der Waals surface area contributed by atoms with Crippen molar-refractivity contribution in [3.05, 3.63) is 84.9 Å². The largest absolute Gasteiger partial charge is 0.508 e. The monoisotopic (exact) mass is 418 g/mol. The van der Waals surface area contributed by atoms with E-state index < -0.39 is 0 Å². The summed E-state index contributed by atoms with van der Waals surface area (Å²) in [6.07, 6.45) is 0. The topological polar surface area (TPSA) is 97.8 Å². The molecule has 0 saturated heterocycles. The molecule has 6 heteroatoms. The Morgan fingerprint density at radius 2 is 1.06 bits per heavy atom. The molecule has 6 nitrogen and oxygen atoms in total. The van der Waals surface area contributed by atoms with Gasteiger partial charge in [0.1, 0.15) is 23.1 Å². The normalized spacial score (nSPS) is 11.4. The van der Waals surface area contributed by atoms with Crippen molar-refractivity contribution in [1.29, 1.82) is 0 Å². The number of para-hydroxylation sites is 4. The minimum absolute atomic E-state index is 0.0886. The van der Waals surface area contributed by atoms with Crippen LogP contribution in [0.4, 0.5) is 0 Å². The molecule has 0 radical (unpaired) electrons. The van der Waals surface area contributed by atoms with Crippen LogP contribution in [0.1, 0.15) is 0 Å². The summed E-state index contributed by atoms with van der Waals surface area (Å²) in [5.74, 6) is 1.43. The minimum atomic E-state index is 0.0886. The molecule has 0 aliphatic heterocycles. The molecule has 6 rings (SSSR count). The Morgan fingerprint density at radius 1 is 0.562 bits per heavy atom. The number of imidazole rings is 2. The van der Waals surface area contributed by atoms with Gasteiger partial charge < -0.3 is 20.2 Å². The highest BCUT2D eigenvalue weighted by Gasteiger charge is 2.19. The smallest absolute Gasteiger partial charge is 0.142 e. The van der Waals surface area contributed by atoms with E-state index in [-0.39, 0.29) is 11.5 Å². The molecule has 0 amide bonds. The third kappa shape index (κ3) is 2.97. The van der Waals surface area contributed by atoms with Crippen LogP contribution >= 0.6 is 0 Å². The van der Waals surface area contributed by atoms with Crippen LogP contribution in [0.15, 0.2) is 84.9 Å². The van der Waals surface area contributed by atoms with Crippen LogP contribution in [0.25, 0.3) is 56.0 Å². The zero-order valence-corrected chi connectivity index (χ0v) is 16.9. The Labute approximate surface area is 182 Å². The summed E-state index contributed by atoms with van der Waals surface area (Å²) >= 11 is 0. The molecule has 2 heterocycles. The van der Waals surface area contributed by atoms with Crippen LogP contribution in [-0.2, 0) is 0 Å². The van der Waals surface area contributed by atoms with Crippen molar-refractivity contribution in [2.45, 2.75) is 0 Å². The van der Waals surface area contributed by atoms with Gasteiger partial charge in [-0.3, -0.25) is 0 Å². The second kappa shape index (κ2) is 6.99. The number of H-pyrrole nitrogens is 2. The van der Waals surface area contributed by atoms with Gasteiger partial charge in [-0.05, 0) is 59.7 Å². The van der Waals surface area contributed by atoms with E-state index in [4.69, 9.17) is 0 Å². The lowest BCUT2D eigenvalue weighted by Gasteiger charge is -2.11. The number of phenolic OH excluding ortho intramolecular Hbond substituents is 2. The van der Waals surface area contributed by atoms with Crippen LogP contribution in [0, 0.1) is 0 Å². The Balaban J connectivity index is 1.61. The number of hydrogen-bond acceptors (Lipinski definition) is 4. The molecule has 0 bridgehead atoms. The molecular formula is C26H18N4O2. The van der Waals surface area contributed by atoms with Crippen molar-refractivity contribution in [2.75, 3.05) is 0 Å². The highest BCUT2D eigenvalue weighted by molar-refractivity contribution is 5.89. The molecule has 4 aromatic carbocycles. The van der Waals surface area contributed by atoms with Gasteiger partial charge >= 0.3 is 0 Å². The SMILES string of the molecule is Oc1ccc(-c2cc(-c3nc4ccccc4[nH]3)c(O)c(-c3nc4ccccc4[nH]3)c2)cc1. The molecule has 0 atom stereocenters. The molecule has 6 aromatic rings. The summed E-state index contributed by atoms with van der Waals surface area (Å²) in [6, 6.07) is 26.3. The predicted molar refractivity (Wildman–Crippen MR) is 125 cm³/mol. The summed E-state index contributed by atoms with van der Waals surface area (Å²) in [5.41, 5.74) is 6.34. The first-order valence-corrected chi connectivity index (χ1v) is 10.2. The van der Waals surface area contributed by atoms with Crippen molar-refractivity contribution < 1.29 is 10.2 Å². The van der Waals surface area contributed by atoms with Crippen LogP contribution in [0.3, 0.4) is 0 Å². The predicted octanol–water partition coefficient (Wildman–Crippen LogP) is 5.85. The molecular weight excluding hydrogens is 400 g/mol. The summed E-state index contributed by atoms with van der Waals surface area (Å²) in [6.45, 7) is 0. The number of aromatic nitrogens is 4. The van der Waals surface area contributed by atoms with Gasteiger partial charge in [0.2, 0.25) is 0 Å². The van der Waals surface area contributed by atoms with Crippen LogP contribution in [0.5, 0.6) is 11.5 Å². The fourth-order valence-corrected chi connectivity index (χ4v) is 3.98. The Bertz CT molecular complexity index is 1430. The number of phenols is 2. The number of benzene rings is 4. The van der Waals surface area contributed by atoms with Gasteiger partial charge in [-0.1, -0.05) is 36.4 Å². The number of rotatable bonds is 3. The first kappa shape index (κ1) is 18.2. The minimum Gasteiger partial charge on any atom is -0.508 e. The van der Waals surface area contributed by atoms with Crippen LogP contribution in [0.2, 0.25) is 0 Å². The van der Waals surface area contributed by atoms with Gasteiger partial charge in [0.25, 0.3) is 0 Å². The van der Waals surface area contributed by atoms with E-state index in [0.717, 1.165) is 33.2 Å². The fraction of sp³-hybridized carbons (Fsp3) is 0. The van der Waals surface area contributed by atoms with Gasteiger partial charge in [0.05, 0.1) is 33.2 Å². The third-order valence-electron chi connectivity index (χ3n) is 5.60. The second-order valence-electron chi connectivity index (χ2n) is 7.67. The lowest BCUT2D eigenvalue weighted by Crippen LogP contribution is -1.90. The van der Waals surface area contributed by atoms with Crippen molar-refractivity contribution >= 4 is 22.1 Å². The zero-order valence-electron chi connectivity index (χ0n) is 16.9. The number of fused-ring (bicyclic) bond motifs is 2. The molecule has 0 aliphatic carbocycles. The molecule has 2 aromatic heterocycles. The van der Waals surface area contributed by atoms with E-state index in [2.05, 4.69) is 19.9 Å². The van der Waals surface area contributed by atoms with Gasteiger partial charge in [-0.15, -0.1) is 0 Å². The standard InChI is InChI=1S/C26H18N4O2/c31-17-11-9-15(10-12-17)16-13-18(25-27-20-5-1-2-6-21(20)28-25)24(32)19(14-16)26-29-22-7-3-4-8-23(22)30-26/h1-14,31-32H,(H,27,28)(H,29,30). The first-order chi connectivity index (χ1) is 15.7. The molecule has 0 spiro atoms. The van der Waals surface area contributed by atoms with Crippen molar-refractivity contribution in [2.24, 2.45) is 0 Å². The van der Waals surface area contributed by atoms with Crippen molar-refractivity contribution in [3.8, 4) is 45.4 Å². The summed E-state index contributed by atoms with van der Waals surface area (Å²) in [4.78, 5) is 16.0. The number of hydrogen-bond donors (Lipinski definition) is 4.